The number of benzene rings is 2. The van der Waals surface area contributed by atoms with Crippen molar-refractivity contribution in [1.29, 1.82) is 0 Å². The third kappa shape index (κ3) is 3.59. The fourth-order valence-electron chi connectivity index (χ4n) is 1.90. The third-order valence-electron chi connectivity index (χ3n) is 2.93. The molecule has 0 aromatic heterocycles. The van der Waals surface area contributed by atoms with Gasteiger partial charge in [-0.25, -0.2) is 4.39 Å². The molecule has 0 heterocycles. The Labute approximate surface area is 117 Å². The molecule has 0 radical (unpaired) electrons. The van der Waals surface area contributed by atoms with Crippen LogP contribution < -0.4 is 0 Å². The average Bonchev–Trinajstić information content (AvgIpc) is 2.40. The van der Waals surface area contributed by atoms with Crippen LogP contribution in [0.3, 0.4) is 0 Å². The molecule has 0 fully saturated rings. The quantitative estimate of drug-likeness (QED) is 0.865. The van der Waals surface area contributed by atoms with Gasteiger partial charge in [-0.2, -0.15) is 13.2 Å². The lowest BCUT2D eigenvalue weighted by atomic mass is 10.00. The molecule has 2 rings (SSSR count). The zero-order valence-electron chi connectivity index (χ0n) is 10.6. The lowest BCUT2D eigenvalue weighted by Gasteiger charge is -2.09. The van der Waals surface area contributed by atoms with E-state index in [2.05, 4.69) is 0 Å². The maximum Gasteiger partial charge on any atom is 0.416 e. The fraction of sp³-hybridized carbons (Fsp3) is 0.133. The van der Waals surface area contributed by atoms with Crippen LogP contribution in [0.25, 0.3) is 11.1 Å². The van der Waals surface area contributed by atoms with E-state index in [4.69, 9.17) is 5.11 Å². The number of carbonyl (C=O) groups is 1. The van der Waals surface area contributed by atoms with Crippen LogP contribution in [0.15, 0.2) is 42.5 Å². The summed E-state index contributed by atoms with van der Waals surface area (Å²) in [4.78, 5) is 10.6. The van der Waals surface area contributed by atoms with Crippen LogP contribution in [-0.2, 0) is 17.4 Å². The van der Waals surface area contributed by atoms with Crippen molar-refractivity contribution in [3.63, 3.8) is 0 Å². The molecular weight excluding hydrogens is 288 g/mol. The van der Waals surface area contributed by atoms with Crippen molar-refractivity contribution in [2.45, 2.75) is 12.6 Å². The third-order valence-corrected chi connectivity index (χ3v) is 2.93. The van der Waals surface area contributed by atoms with E-state index >= 15 is 0 Å². The Hall–Kier alpha value is -2.37. The maximum absolute atomic E-state index is 13.5. The van der Waals surface area contributed by atoms with Gasteiger partial charge in [0.15, 0.2) is 0 Å². The predicted octanol–water partition coefficient (Wildman–Crippen LogP) is 4.14. The number of hydrogen-bond donors (Lipinski definition) is 1. The number of carboxylic acid groups (broad SMARTS) is 1. The number of halogens is 4. The summed E-state index contributed by atoms with van der Waals surface area (Å²) in [5.41, 5.74) is 0.120. The van der Waals surface area contributed by atoms with Gasteiger partial charge >= 0.3 is 12.1 Å². The molecule has 110 valence electrons. The van der Waals surface area contributed by atoms with Crippen LogP contribution in [-0.4, -0.2) is 11.1 Å². The van der Waals surface area contributed by atoms with Gasteiger partial charge < -0.3 is 5.11 Å². The largest absolute Gasteiger partial charge is 0.481 e. The lowest BCUT2D eigenvalue weighted by Crippen LogP contribution is -2.04. The molecular formula is C15H10F4O2. The Morgan fingerprint density at radius 3 is 2.10 bits per heavy atom. The van der Waals surface area contributed by atoms with Crippen molar-refractivity contribution in [2.75, 3.05) is 0 Å². The average molecular weight is 298 g/mol. The topological polar surface area (TPSA) is 37.3 Å². The number of aliphatic carboxylic acids is 1. The second-order valence-corrected chi connectivity index (χ2v) is 4.45. The van der Waals surface area contributed by atoms with E-state index in [1.165, 1.54) is 24.3 Å². The molecule has 0 aliphatic carbocycles. The monoisotopic (exact) mass is 298 g/mol. The molecule has 0 atom stereocenters. The van der Waals surface area contributed by atoms with Gasteiger partial charge in [-0.3, -0.25) is 4.79 Å². The fourth-order valence-corrected chi connectivity index (χ4v) is 1.90. The van der Waals surface area contributed by atoms with Gasteiger partial charge in [0.1, 0.15) is 5.82 Å². The number of carboxylic acids is 1. The van der Waals surface area contributed by atoms with Crippen LogP contribution in [0.5, 0.6) is 0 Å². The molecule has 21 heavy (non-hydrogen) atoms. The van der Waals surface area contributed by atoms with Crippen molar-refractivity contribution in [3.8, 4) is 11.1 Å². The molecule has 2 aromatic rings. The molecule has 0 saturated carbocycles. The van der Waals surface area contributed by atoms with Gasteiger partial charge in [0.25, 0.3) is 0 Å². The molecule has 2 aromatic carbocycles. The Balaban J connectivity index is 2.36. The minimum absolute atomic E-state index is 0.0140. The van der Waals surface area contributed by atoms with Gasteiger partial charge in [-0.1, -0.05) is 18.2 Å². The van der Waals surface area contributed by atoms with Crippen molar-refractivity contribution < 1.29 is 27.5 Å². The number of rotatable bonds is 3. The summed E-state index contributed by atoms with van der Waals surface area (Å²) < 4.78 is 50.9. The highest BCUT2D eigenvalue weighted by Crippen LogP contribution is 2.31. The van der Waals surface area contributed by atoms with Gasteiger partial charge in [0.2, 0.25) is 0 Å². The van der Waals surface area contributed by atoms with Gasteiger partial charge in [0.05, 0.1) is 12.0 Å². The predicted molar refractivity (Wildman–Crippen MR) is 68.2 cm³/mol. The van der Waals surface area contributed by atoms with E-state index in [9.17, 15) is 22.4 Å². The zero-order chi connectivity index (χ0) is 15.6. The van der Waals surface area contributed by atoms with Crippen molar-refractivity contribution in [1.82, 2.24) is 0 Å². The van der Waals surface area contributed by atoms with E-state index in [-0.39, 0.29) is 5.56 Å². The molecule has 0 aliphatic heterocycles. The Morgan fingerprint density at radius 2 is 1.57 bits per heavy atom. The molecule has 0 saturated heterocycles. The smallest absolute Gasteiger partial charge is 0.416 e. The first-order valence-electron chi connectivity index (χ1n) is 5.95. The van der Waals surface area contributed by atoms with Crippen LogP contribution in [0, 0.1) is 5.82 Å². The minimum Gasteiger partial charge on any atom is -0.481 e. The minimum atomic E-state index is -4.42. The van der Waals surface area contributed by atoms with E-state index in [1.54, 1.807) is 0 Å². The highest BCUT2D eigenvalue weighted by atomic mass is 19.4. The lowest BCUT2D eigenvalue weighted by molar-refractivity contribution is -0.138. The Bertz CT molecular complexity index is 660. The zero-order valence-corrected chi connectivity index (χ0v) is 10.6. The second-order valence-electron chi connectivity index (χ2n) is 4.45. The summed E-state index contributed by atoms with van der Waals surface area (Å²) >= 11 is 0. The maximum atomic E-state index is 13.5. The Kier molecular flexibility index (Phi) is 3.97. The molecule has 0 bridgehead atoms. The first-order valence-corrected chi connectivity index (χ1v) is 5.95. The molecule has 0 spiro atoms. The number of hydrogen-bond acceptors (Lipinski definition) is 1. The molecule has 0 aliphatic rings. The summed E-state index contributed by atoms with van der Waals surface area (Å²) in [6.07, 6.45) is -4.91. The summed E-state index contributed by atoms with van der Waals surface area (Å²) in [6.45, 7) is 0. The summed E-state index contributed by atoms with van der Waals surface area (Å²) in [6, 6.07) is 8.20. The van der Waals surface area contributed by atoms with Crippen LogP contribution in [0.4, 0.5) is 17.6 Å². The standard InChI is InChI=1S/C15H10F4O2/c16-13-6-3-10(7-11(13)8-14(20)21)9-1-4-12(5-2-9)15(17,18)19/h1-7H,8H2,(H,20,21). The summed E-state index contributed by atoms with van der Waals surface area (Å²) in [5, 5.41) is 8.69. The van der Waals surface area contributed by atoms with Crippen LogP contribution in [0.1, 0.15) is 11.1 Å². The van der Waals surface area contributed by atoms with Crippen LogP contribution in [0.2, 0.25) is 0 Å². The molecule has 0 unspecified atom stereocenters. The van der Waals surface area contributed by atoms with Gasteiger partial charge in [-0.15, -0.1) is 0 Å². The Morgan fingerprint density at radius 1 is 1.00 bits per heavy atom. The van der Waals surface area contributed by atoms with Crippen LogP contribution >= 0.6 is 0 Å². The number of alkyl halides is 3. The normalized spacial score (nSPS) is 11.4. The SMILES string of the molecule is O=C(O)Cc1cc(-c2ccc(C(F)(F)F)cc2)ccc1F. The van der Waals surface area contributed by atoms with E-state index in [0.717, 1.165) is 18.2 Å². The van der Waals surface area contributed by atoms with Crippen molar-refractivity contribution >= 4 is 5.97 Å². The summed E-state index contributed by atoms with van der Waals surface area (Å²) in [7, 11) is 0. The van der Waals surface area contributed by atoms with Crippen molar-refractivity contribution in [3.05, 3.63) is 59.4 Å². The summed E-state index contributed by atoms with van der Waals surface area (Å²) in [5.74, 6) is -1.84. The molecule has 2 nitrogen and oxygen atoms in total. The van der Waals surface area contributed by atoms with E-state index in [1.807, 2.05) is 0 Å². The molecule has 0 amide bonds. The molecule has 6 heteroatoms. The first kappa shape index (κ1) is 15.0. The second kappa shape index (κ2) is 5.55. The first-order chi connectivity index (χ1) is 9.77. The van der Waals surface area contributed by atoms with E-state index in [0.29, 0.717) is 11.1 Å². The van der Waals surface area contributed by atoms with E-state index < -0.39 is 29.9 Å². The highest BCUT2D eigenvalue weighted by molar-refractivity contribution is 5.72. The van der Waals surface area contributed by atoms with Gasteiger partial charge in [0, 0.05) is 0 Å². The van der Waals surface area contributed by atoms with Gasteiger partial charge in [-0.05, 0) is 41.0 Å². The highest BCUT2D eigenvalue weighted by Gasteiger charge is 2.29. The van der Waals surface area contributed by atoms with Crippen molar-refractivity contribution in [2.24, 2.45) is 0 Å². The molecule has 1 N–H and O–H groups in total.